The molecule has 0 N–H and O–H groups in total. The van der Waals surface area contributed by atoms with E-state index < -0.39 is 0 Å². The molecule has 678 valence electrons. The van der Waals surface area contributed by atoms with E-state index >= 15 is 0 Å². The first-order valence-electron chi connectivity index (χ1n) is 47.8. The molecule has 17 aromatic rings. The molecule has 0 saturated heterocycles. The van der Waals surface area contributed by atoms with Gasteiger partial charge < -0.3 is 9.80 Å². The second-order valence-electron chi connectivity index (χ2n) is 25.7. The molecule has 11 aromatic carbocycles. The van der Waals surface area contributed by atoms with Crippen LogP contribution in [-0.4, -0.2) is 36.0 Å². The van der Waals surface area contributed by atoms with Crippen molar-refractivity contribution in [2.75, 3.05) is 11.9 Å². The number of anilines is 1. The number of para-hydroxylation sites is 9. The molecule has 0 saturated carbocycles. The number of nitrogens with zero attached hydrogens (tertiary/aromatic N) is 10. The Balaban J connectivity index is 0.00000145. The van der Waals surface area contributed by atoms with Gasteiger partial charge in [0, 0.05) is 46.7 Å². The zero-order chi connectivity index (χ0) is 95.7. The van der Waals surface area contributed by atoms with Crippen molar-refractivity contribution in [3.05, 3.63) is 332 Å². The Hall–Kier alpha value is -11.9. The van der Waals surface area contributed by atoms with Gasteiger partial charge in [0.1, 0.15) is 53.4 Å². The molecule has 0 fully saturated rings. The highest BCUT2D eigenvalue weighted by Gasteiger charge is 2.28. The van der Waals surface area contributed by atoms with Gasteiger partial charge in [0.15, 0.2) is 22.1 Å². The van der Waals surface area contributed by atoms with Gasteiger partial charge in [0.05, 0.1) is 50.1 Å². The minimum Gasteiger partial charge on any atom is -0.359 e. The second kappa shape index (κ2) is 63.9. The van der Waals surface area contributed by atoms with Crippen molar-refractivity contribution in [3.8, 4) is 34.2 Å². The lowest BCUT2D eigenvalue weighted by Crippen LogP contribution is -2.33. The molecule has 10 heteroatoms. The number of pyridine rings is 2. The minimum atomic E-state index is 0.413. The Morgan fingerprint density at radius 1 is 0.278 bits per heavy atom. The molecule has 126 heavy (non-hydrogen) atoms. The fourth-order valence-corrected chi connectivity index (χ4v) is 14.4. The number of imidazole rings is 4. The van der Waals surface area contributed by atoms with E-state index in [2.05, 4.69) is 421 Å². The van der Waals surface area contributed by atoms with Crippen molar-refractivity contribution in [1.82, 2.24) is 22.8 Å². The van der Waals surface area contributed by atoms with Crippen LogP contribution >= 0.6 is 0 Å². The molecule has 1 aliphatic heterocycles. The number of hydrogen-bond donors (Lipinski definition) is 0. The van der Waals surface area contributed by atoms with Gasteiger partial charge in [-0.1, -0.05) is 382 Å². The van der Waals surface area contributed by atoms with E-state index in [-0.39, 0.29) is 0 Å². The quantitative estimate of drug-likeness (QED) is 0.127. The molecule has 0 bridgehead atoms. The molecule has 18 rings (SSSR count). The third kappa shape index (κ3) is 27.6. The van der Waals surface area contributed by atoms with Gasteiger partial charge in [-0.25, -0.2) is 18.3 Å². The summed E-state index contributed by atoms with van der Waals surface area (Å²) < 4.78 is 18.2. The minimum absolute atomic E-state index is 0.413. The van der Waals surface area contributed by atoms with Crippen molar-refractivity contribution >= 4 is 82.4 Å². The zero-order valence-corrected chi connectivity index (χ0v) is 85.9. The summed E-state index contributed by atoms with van der Waals surface area (Å²) in [6.07, 6.45) is 13.1. The number of fused-ring (bicyclic) bond motifs is 15. The lowest BCUT2D eigenvalue weighted by Gasteiger charge is -2.28. The SMILES string of the molecule is CC.CC.CC.CC.CC.CC.CC.CC.CC.CC.CC.CC.CC.CC.Cc1cccc2c3ccccc3n3c4ccccc4[n+](C)c3c12.Cc1cccc2c3ccccc3n3cc[n+](C)c3c12.Cc1ccccc1-c1n(-c2ccccc2)c2ccccc2[n+]1C.Cc1ccccc1-c1n(-c2ccccc2)cc[n+]1C.Cc1ccccc1N1C=CN(C)[C@@H]1C. The van der Waals surface area contributed by atoms with Crippen LogP contribution in [0.3, 0.4) is 0 Å². The van der Waals surface area contributed by atoms with Crippen LogP contribution in [0.1, 0.15) is 229 Å². The molecule has 0 spiro atoms. The zero-order valence-electron chi connectivity index (χ0n) is 85.9. The molecule has 7 heterocycles. The highest BCUT2D eigenvalue weighted by molar-refractivity contribution is 6.14. The maximum Gasteiger partial charge on any atom is 0.295 e. The number of rotatable bonds is 5. The van der Waals surface area contributed by atoms with Crippen LogP contribution in [0.5, 0.6) is 0 Å². The van der Waals surface area contributed by atoms with Crippen molar-refractivity contribution in [3.63, 3.8) is 0 Å². The summed E-state index contributed by atoms with van der Waals surface area (Å²) in [6, 6.07) is 94.1. The summed E-state index contributed by atoms with van der Waals surface area (Å²) in [5.74, 6) is 2.40. The molecule has 1 aliphatic rings. The van der Waals surface area contributed by atoms with E-state index in [9.17, 15) is 0 Å². The van der Waals surface area contributed by atoms with Gasteiger partial charge >= 0.3 is 0 Å². The molecule has 0 amide bonds. The predicted octanol–water partition coefficient (Wildman–Crippen LogP) is 32.5. The summed E-state index contributed by atoms with van der Waals surface area (Å²) in [6.45, 7) is 69.1. The predicted molar refractivity (Wildman–Crippen MR) is 565 cm³/mol. The molecular formula is C116H168N10+4. The van der Waals surface area contributed by atoms with E-state index in [1.54, 1.807) is 0 Å². The number of benzene rings is 11. The maximum atomic E-state index is 2.40. The van der Waals surface area contributed by atoms with Crippen molar-refractivity contribution in [2.45, 2.75) is 242 Å². The Labute approximate surface area is 766 Å². The fraction of sp³-hybridized carbons (Fsp3) is 0.345. The molecule has 0 aliphatic carbocycles. The summed E-state index contributed by atoms with van der Waals surface area (Å²) in [5.41, 5.74) is 22.7. The first-order chi connectivity index (χ1) is 61.8. The van der Waals surface area contributed by atoms with Gasteiger partial charge in [0.25, 0.3) is 22.9 Å². The van der Waals surface area contributed by atoms with E-state index in [0.717, 1.165) is 0 Å². The topological polar surface area (TPSA) is 40.7 Å². The van der Waals surface area contributed by atoms with E-state index in [0.29, 0.717) is 6.17 Å². The Morgan fingerprint density at radius 2 is 0.635 bits per heavy atom. The van der Waals surface area contributed by atoms with Crippen LogP contribution in [0.25, 0.3) is 111 Å². The number of aryl methyl sites for hydroxylation is 9. The molecule has 0 radical (unpaired) electrons. The van der Waals surface area contributed by atoms with Gasteiger partial charge in [-0.15, -0.1) is 0 Å². The third-order valence-corrected chi connectivity index (χ3v) is 19.6. The molecule has 0 unspecified atom stereocenters. The second-order valence-corrected chi connectivity index (χ2v) is 25.7. The van der Waals surface area contributed by atoms with Crippen molar-refractivity contribution in [1.29, 1.82) is 0 Å². The average Bonchev–Trinajstić information content (AvgIpc) is 1.54. The van der Waals surface area contributed by atoms with Gasteiger partial charge in [-0.05, 0) is 148 Å². The largest absolute Gasteiger partial charge is 0.359 e. The maximum absolute atomic E-state index is 2.40. The monoisotopic (exact) mass is 1700 g/mol. The molecular weight excluding hydrogens is 1530 g/mol. The highest BCUT2D eigenvalue weighted by Crippen LogP contribution is 2.35. The smallest absolute Gasteiger partial charge is 0.295 e. The van der Waals surface area contributed by atoms with Crippen LogP contribution in [0.2, 0.25) is 0 Å². The summed E-state index contributed by atoms with van der Waals surface area (Å²) in [4.78, 5) is 4.49. The summed E-state index contributed by atoms with van der Waals surface area (Å²) in [7, 11) is 10.6. The van der Waals surface area contributed by atoms with Crippen LogP contribution in [0, 0.1) is 34.6 Å². The normalized spacial score (nSPS) is 10.5. The Kier molecular flexibility index (Phi) is 57.9. The van der Waals surface area contributed by atoms with E-state index in [1.807, 2.05) is 200 Å². The van der Waals surface area contributed by atoms with Gasteiger partial charge in [0.2, 0.25) is 0 Å². The lowest BCUT2D eigenvalue weighted by molar-refractivity contribution is -0.659. The fourth-order valence-electron chi connectivity index (χ4n) is 14.4. The molecule has 1 atom stereocenters. The van der Waals surface area contributed by atoms with Crippen molar-refractivity contribution < 1.29 is 18.3 Å². The summed E-state index contributed by atoms with van der Waals surface area (Å²) >= 11 is 0. The van der Waals surface area contributed by atoms with Gasteiger partial charge in [-0.2, -0.15) is 17.9 Å². The van der Waals surface area contributed by atoms with Crippen LogP contribution < -0.4 is 23.2 Å². The first kappa shape index (κ1) is 114. The lowest BCUT2D eigenvalue weighted by atomic mass is 10.0. The van der Waals surface area contributed by atoms with Crippen molar-refractivity contribution in [2.24, 2.45) is 28.2 Å². The standard InChI is InChI=1S/C21H17N2.C21H19N2.C17H15N2.C17H17N2.C12H16N2.14C2H6/c1-14-8-7-10-16-15-9-3-4-11-17(15)23-19-13-6-5-12-18(19)22(2)21(23)20(14)16;1-16-10-6-7-13-18(16)21-22(2)19-14-8-9-15-20(19)23(21)17-11-4-3-5-12-17;1-12-6-5-8-14-13-7-3-4-9-15(13)19-11-10-18(2)17(19)16(12)14;1-14-8-6-7-11-16(14)17-18(2)12-13-19(17)15-9-4-3-5-10-15;1-10-6-4-5-7-12(10)14-9-8-13(3)11(14)2;14*1-2/h3-13H,1-2H3;3-15H,1-2H3;3-11H,1-2H3;3-13H,1-2H3;4-9,11H,1-3H3;14*1-2H3/q4*+1;;;;;;;;;;;;;;;/t;;;;11-;;;;;;;;;;;;;;/m....0............../s1. The number of aromatic nitrogens is 8. The highest BCUT2D eigenvalue weighted by atomic mass is 15.4. The van der Waals surface area contributed by atoms with Crippen LogP contribution in [-0.2, 0) is 28.2 Å². The van der Waals surface area contributed by atoms with E-state index in [1.165, 1.54) is 144 Å². The third-order valence-electron chi connectivity index (χ3n) is 19.6. The Bertz CT molecular complexity index is 5810. The molecule has 6 aromatic heterocycles. The Morgan fingerprint density at radius 3 is 1.10 bits per heavy atom. The van der Waals surface area contributed by atoms with Crippen LogP contribution in [0.4, 0.5) is 5.69 Å². The molecule has 10 nitrogen and oxygen atoms in total. The van der Waals surface area contributed by atoms with E-state index in [4.69, 9.17) is 0 Å². The van der Waals surface area contributed by atoms with Gasteiger partial charge in [-0.3, -0.25) is 0 Å². The number of hydrogen-bond acceptors (Lipinski definition) is 2. The van der Waals surface area contributed by atoms with Crippen LogP contribution in [0.15, 0.2) is 304 Å². The average molecular weight is 1700 g/mol. The summed E-state index contributed by atoms with van der Waals surface area (Å²) in [5, 5.41) is 7.95. The first-order valence-corrected chi connectivity index (χ1v) is 47.8.